The van der Waals surface area contributed by atoms with Crippen LogP contribution >= 0.6 is 12.4 Å². The summed E-state index contributed by atoms with van der Waals surface area (Å²) in [4.78, 5) is 13.2. The zero-order valence-electron chi connectivity index (χ0n) is 10.9. The van der Waals surface area contributed by atoms with E-state index in [1.54, 1.807) is 19.0 Å². The minimum atomic E-state index is -0.143. The van der Waals surface area contributed by atoms with E-state index in [4.69, 9.17) is 0 Å². The summed E-state index contributed by atoms with van der Waals surface area (Å²) in [7, 11) is 3.54. The lowest BCUT2D eigenvalue weighted by molar-refractivity contribution is -0.130. The van der Waals surface area contributed by atoms with Crippen molar-refractivity contribution >= 4 is 18.3 Å². The van der Waals surface area contributed by atoms with Crippen molar-refractivity contribution in [3.05, 3.63) is 35.4 Å². The standard InChI is InChI=1S/C13H20N2O.ClH/c1-10-6-5-7-12(8-10)9-14-11(2)13(16)15(3)4;/h5-8,11,14H,9H2,1-4H3;1H/t11-;/m1./s1. The van der Waals surface area contributed by atoms with Gasteiger partial charge in [-0.15, -0.1) is 12.4 Å². The largest absolute Gasteiger partial charge is 0.347 e. The highest BCUT2D eigenvalue weighted by atomic mass is 35.5. The van der Waals surface area contributed by atoms with Crippen LogP contribution in [0.4, 0.5) is 0 Å². The predicted octanol–water partition coefficient (Wildman–Crippen LogP) is 1.98. The molecule has 3 nitrogen and oxygen atoms in total. The number of hydrogen-bond acceptors (Lipinski definition) is 2. The highest BCUT2D eigenvalue weighted by molar-refractivity contribution is 5.85. The predicted molar refractivity (Wildman–Crippen MR) is 73.4 cm³/mol. The molecule has 1 atom stereocenters. The summed E-state index contributed by atoms with van der Waals surface area (Å²) in [5, 5.41) is 3.22. The fourth-order valence-corrected chi connectivity index (χ4v) is 1.57. The summed E-state index contributed by atoms with van der Waals surface area (Å²) in [6.45, 7) is 4.68. The molecule has 0 spiro atoms. The molecule has 0 saturated heterocycles. The number of carbonyl (C=O) groups is 1. The average Bonchev–Trinajstić information content (AvgIpc) is 2.24. The minimum absolute atomic E-state index is 0. The maximum absolute atomic E-state index is 11.6. The molecule has 1 aromatic rings. The third-order valence-electron chi connectivity index (χ3n) is 2.51. The molecule has 96 valence electrons. The van der Waals surface area contributed by atoms with E-state index < -0.39 is 0 Å². The molecule has 0 radical (unpaired) electrons. The van der Waals surface area contributed by atoms with Crippen LogP contribution in [-0.2, 0) is 11.3 Å². The van der Waals surface area contributed by atoms with E-state index >= 15 is 0 Å². The summed E-state index contributed by atoms with van der Waals surface area (Å²) in [5.41, 5.74) is 2.45. The van der Waals surface area contributed by atoms with Gasteiger partial charge in [-0.3, -0.25) is 4.79 Å². The normalized spacial score (nSPS) is 11.5. The van der Waals surface area contributed by atoms with Crippen LogP contribution in [0, 0.1) is 6.92 Å². The Bertz CT molecular complexity index is 366. The molecule has 0 aliphatic carbocycles. The van der Waals surface area contributed by atoms with Crippen LogP contribution in [0.3, 0.4) is 0 Å². The maximum atomic E-state index is 11.6. The first-order valence-electron chi connectivity index (χ1n) is 5.51. The topological polar surface area (TPSA) is 32.3 Å². The van der Waals surface area contributed by atoms with Gasteiger partial charge in [0.15, 0.2) is 0 Å². The highest BCUT2D eigenvalue weighted by Crippen LogP contribution is 2.03. The third-order valence-corrected chi connectivity index (χ3v) is 2.51. The first-order valence-corrected chi connectivity index (χ1v) is 5.51. The van der Waals surface area contributed by atoms with Crippen molar-refractivity contribution in [3.63, 3.8) is 0 Å². The van der Waals surface area contributed by atoms with Crippen molar-refractivity contribution < 1.29 is 4.79 Å². The van der Waals surface area contributed by atoms with Crippen molar-refractivity contribution in [2.24, 2.45) is 0 Å². The SMILES string of the molecule is Cc1cccc(CN[C@H](C)C(=O)N(C)C)c1.Cl. The second kappa shape index (κ2) is 7.30. The Morgan fingerprint density at radius 3 is 2.59 bits per heavy atom. The lowest BCUT2D eigenvalue weighted by atomic mass is 10.1. The molecule has 0 bridgehead atoms. The summed E-state index contributed by atoms with van der Waals surface area (Å²) in [6, 6.07) is 8.14. The summed E-state index contributed by atoms with van der Waals surface area (Å²) >= 11 is 0. The maximum Gasteiger partial charge on any atom is 0.238 e. The Balaban J connectivity index is 0.00000256. The number of benzene rings is 1. The molecule has 1 amide bonds. The molecule has 0 unspecified atom stereocenters. The Labute approximate surface area is 110 Å². The Morgan fingerprint density at radius 2 is 2.06 bits per heavy atom. The fourth-order valence-electron chi connectivity index (χ4n) is 1.57. The van der Waals surface area contributed by atoms with Crippen molar-refractivity contribution in [2.45, 2.75) is 26.4 Å². The molecule has 0 aliphatic heterocycles. The zero-order chi connectivity index (χ0) is 12.1. The van der Waals surface area contributed by atoms with Gasteiger partial charge in [-0.05, 0) is 19.4 Å². The van der Waals surface area contributed by atoms with Crippen molar-refractivity contribution in [2.75, 3.05) is 14.1 Å². The van der Waals surface area contributed by atoms with Crippen LogP contribution in [0.25, 0.3) is 0 Å². The van der Waals surface area contributed by atoms with Gasteiger partial charge >= 0.3 is 0 Å². The molecule has 0 heterocycles. The Kier molecular flexibility index (Phi) is 6.85. The molecule has 0 saturated carbocycles. The number of amides is 1. The molecular formula is C13H21ClN2O. The Hall–Kier alpha value is -1.06. The van der Waals surface area contributed by atoms with Gasteiger partial charge in [-0.25, -0.2) is 0 Å². The number of carbonyl (C=O) groups excluding carboxylic acids is 1. The van der Waals surface area contributed by atoms with Gasteiger partial charge in [-0.1, -0.05) is 29.8 Å². The lowest BCUT2D eigenvalue weighted by Gasteiger charge is -2.18. The number of hydrogen-bond donors (Lipinski definition) is 1. The van der Waals surface area contributed by atoms with Crippen molar-refractivity contribution in [3.8, 4) is 0 Å². The van der Waals surface area contributed by atoms with Crippen LogP contribution in [0.15, 0.2) is 24.3 Å². The van der Waals surface area contributed by atoms with Gasteiger partial charge in [0.2, 0.25) is 5.91 Å². The van der Waals surface area contributed by atoms with E-state index in [2.05, 4.69) is 30.4 Å². The summed E-state index contributed by atoms with van der Waals surface area (Å²) < 4.78 is 0. The number of nitrogens with one attached hydrogen (secondary N) is 1. The first kappa shape index (κ1) is 15.9. The number of aryl methyl sites for hydroxylation is 1. The van der Waals surface area contributed by atoms with Gasteiger partial charge < -0.3 is 10.2 Å². The number of rotatable bonds is 4. The quantitative estimate of drug-likeness (QED) is 0.894. The van der Waals surface area contributed by atoms with Crippen LogP contribution in [0.5, 0.6) is 0 Å². The second-order valence-electron chi connectivity index (χ2n) is 4.32. The summed E-state index contributed by atoms with van der Waals surface area (Å²) in [5.74, 6) is 0.104. The van der Waals surface area contributed by atoms with E-state index in [9.17, 15) is 4.79 Å². The van der Waals surface area contributed by atoms with E-state index in [-0.39, 0.29) is 24.4 Å². The molecule has 17 heavy (non-hydrogen) atoms. The second-order valence-corrected chi connectivity index (χ2v) is 4.32. The molecule has 1 rings (SSSR count). The van der Waals surface area contributed by atoms with Crippen LogP contribution in [-0.4, -0.2) is 30.9 Å². The van der Waals surface area contributed by atoms with Crippen LogP contribution in [0.1, 0.15) is 18.1 Å². The number of likely N-dealkylation sites (N-methyl/N-ethyl adjacent to an activating group) is 1. The molecule has 0 aromatic heterocycles. The van der Waals surface area contributed by atoms with Crippen LogP contribution in [0.2, 0.25) is 0 Å². The van der Waals surface area contributed by atoms with E-state index in [1.807, 2.05) is 13.0 Å². The molecule has 0 aliphatic rings. The minimum Gasteiger partial charge on any atom is -0.347 e. The average molecular weight is 257 g/mol. The molecular weight excluding hydrogens is 236 g/mol. The molecule has 1 aromatic carbocycles. The van der Waals surface area contributed by atoms with Gasteiger partial charge in [0.1, 0.15) is 0 Å². The van der Waals surface area contributed by atoms with Crippen molar-refractivity contribution in [1.29, 1.82) is 0 Å². The van der Waals surface area contributed by atoms with Gasteiger partial charge in [-0.2, -0.15) is 0 Å². The zero-order valence-corrected chi connectivity index (χ0v) is 11.7. The highest BCUT2D eigenvalue weighted by Gasteiger charge is 2.13. The van der Waals surface area contributed by atoms with Crippen molar-refractivity contribution in [1.82, 2.24) is 10.2 Å². The van der Waals surface area contributed by atoms with E-state index in [0.717, 1.165) is 6.54 Å². The first-order chi connectivity index (χ1) is 7.50. The molecule has 1 N–H and O–H groups in total. The van der Waals surface area contributed by atoms with E-state index in [1.165, 1.54) is 11.1 Å². The van der Waals surface area contributed by atoms with Gasteiger partial charge in [0.25, 0.3) is 0 Å². The number of halogens is 1. The Morgan fingerprint density at radius 1 is 1.41 bits per heavy atom. The van der Waals surface area contributed by atoms with Crippen LogP contribution < -0.4 is 5.32 Å². The third kappa shape index (κ3) is 5.20. The van der Waals surface area contributed by atoms with Gasteiger partial charge in [0, 0.05) is 20.6 Å². The van der Waals surface area contributed by atoms with Gasteiger partial charge in [0.05, 0.1) is 6.04 Å². The van der Waals surface area contributed by atoms with E-state index in [0.29, 0.717) is 0 Å². The monoisotopic (exact) mass is 256 g/mol. The fraction of sp³-hybridized carbons (Fsp3) is 0.462. The molecule has 0 fully saturated rings. The molecule has 4 heteroatoms. The smallest absolute Gasteiger partial charge is 0.238 e. The summed E-state index contributed by atoms with van der Waals surface area (Å²) in [6.07, 6.45) is 0. The lowest BCUT2D eigenvalue weighted by Crippen LogP contribution is -2.41. The number of nitrogens with zero attached hydrogens (tertiary/aromatic N) is 1.